The highest BCUT2D eigenvalue weighted by molar-refractivity contribution is 7.80. The minimum Gasteiger partial charge on any atom is -0.388 e. The van der Waals surface area contributed by atoms with E-state index in [1.54, 1.807) is 24.3 Å². The van der Waals surface area contributed by atoms with Crippen molar-refractivity contribution in [2.75, 3.05) is 6.61 Å². The van der Waals surface area contributed by atoms with Crippen LogP contribution in [0.2, 0.25) is 0 Å². The van der Waals surface area contributed by atoms with Crippen molar-refractivity contribution >= 4 is 16.3 Å². The number of hydrogen-bond acceptors (Lipinski definition) is 8. The Morgan fingerprint density at radius 1 is 1.23 bits per heavy atom. The minimum absolute atomic E-state index is 0.0796. The van der Waals surface area contributed by atoms with Crippen molar-refractivity contribution in [1.29, 1.82) is 0 Å². The Labute approximate surface area is 150 Å². The van der Waals surface area contributed by atoms with Gasteiger partial charge in [0.05, 0.1) is 13.2 Å². The van der Waals surface area contributed by atoms with Crippen LogP contribution in [0.25, 0.3) is 0 Å². The molecule has 0 bridgehead atoms. The molecule has 10 nitrogen and oxygen atoms in total. The number of benzene rings is 1. The molecule has 4 N–H and O–H groups in total. The molecule has 1 amide bonds. The average molecular weight is 391 g/mol. The van der Waals surface area contributed by atoms with Crippen molar-refractivity contribution in [3.05, 3.63) is 35.9 Å². The maximum Gasteiger partial charge on any atom is 0.397 e. The van der Waals surface area contributed by atoms with Crippen LogP contribution in [0.15, 0.2) is 30.3 Å². The fourth-order valence-corrected chi connectivity index (χ4v) is 2.81. The summed E-state index contributed by atoms with van der Waals surface area (Å²) in [6.07, 6.45) is -5.58. The number of ether oxygens (including phenoxy) is 2. The van der Waals surface area contributed by atoms with E-state index in [0.29, 0.717) is 0 Å². The molecule has 1 aromatic carbocycles. The van der Waals surface area contributed by atoms with Gasteiger partial charge in [0.1, 0.15) is 24.4 Å². The first-order valence-electron chi connectivity index (χ1n) is 7.73. The summed E-state index contributed by atoms with van der Waals surface area (Å²) in [5.41, 5.74) is 0.795. The normalized spacial score (nSPS) is 29.3. The van der Waals surface area contributed by atoms with Gasteiger partial charge in [0, 0.05) is 6.92 Å². The van der Waals surface area contributed by atoms with Gasteiger partial charge in [-0.25, -0.2) is 4.18 Å². The first-order valence-corrected chi connectivity index (χ1v) is 9.10. The molecule has 146 valence electrons. The zero-order chi connectivity index (χ0) is 19.3. The summed E-state index contributed by atoms with van der Waals surface area (Å²) < 4.78 is 45.3. The fraction of sp³-hybridized carbons (Fsp3) is 0.533. The van der Waals surface area contributed by atoms with E-state index in [9.17, 15) is 23.4 Å². The highest BCUT2D eigenvalue weighted by Gasteiger charge is 2.46. The van der Waals surface area contributed by atoms with E-state index in [0.717, 1.165) is 5.56 Å². The van der Waals surface area contributed by atoms with Gasteiger partial charge in [0.25, 0.3) is 0 Å². The van der Waals surface area contributed by atoms with Gasteiger partial charge < -0.3 is 25.0 Å². The molecule has 1 aromatic rings. The van der Waals surface area contributed by atoms with Crippen LogP contribution in [0.3, 0.4) is 0 Å². The number of carbonyl (C=O) groups is 1. The van der Waals surface area contributed by atoms with Gasteiger partial charge in [-0.05, 0) is 5.56 Å². The number of carbonyl (C=O) groups excluding carboxylic acids is 1. The molecule has 0 saturated carbocycles. The quantitative estimate of drug-likeness (QED) is 0.428. The molecule has 0 radical (unpaired) electrons. The Morgan fingerprint density at radius 2 is 1.88 bits per heavy atom. The van der Waals surface area contributed by atoms with Gasteiger partial charge >= 0.3 is 10.4 Å². The highest BCUT2D eigenvalue weighted by atomic mass is 32.3. The van der Waals surface area contributed by atoms with Crippen LogP contribution < -0.4 is 5.32 Å². The largest absolute Gasteiger partial charge is 0.397 e. The zero-order valence-electron chi connectivity index (χ0n) is 13.9. The van der Waals surface area contributed by atoms with E-state index in [-0.39, 0.29) is 6.61 Å². The lowest BCUT2D eigenvalue weighted by atomic mass is 9.97. The van der Waals surface area contributed by atoms with Crippen molar-refractivity contribution < 1.29 is 41.6 Å². The first-order chi connectivity index (χ1) is 12.2. The highest BCUT2D eigenvalue weighted by Crippen LogP contribution is 2.24. The van der Waals surface area contributed by atoms with E-state index >= 15 is 0 Å². The smallest absolute Gasteiger partial charge is 0.388 e. The molecular weight excluding hydrogens is 370 g/mol. The minimum atomic E-state index is -4.75. The third kappa shape index (κ3) is 5.99. The molecule has 1 heterocycles. The molecule has 1 aliphatic heterocycles. The van der Waals surface area contributed by atoms with Gasteiger partial charge in [-0.3, -0.25) is 9.35 Å². The third-order valence-corrected chi connectivity index (χ3v) is 4.14. The Balaban J connectivity index is 2.11. The number of hydrogen-bond donors (Lipinski definition) is 4. The molecule has 0 spiro atoms. The molecule has 0 aromatic heterocycles. The lowest BCUT2D eigenvalue weighted by Crippen LogP contribution is -2.64. The second-order valence-electron chi connectivity index (χ2n) is 5.76. The monoisotopic (exact) mass is 391 g/mol. The summed E-state index contributed by atoms with van der Waals surface area (Å²) in [5.74, 6) is -0.481. The van der Waals surface area contributed by atoms with E-state index in [4.69, 9.17) is 14.0 Å². The second-order valence-corrected chi connectivity index (χ2v) is 6.85. The van der Waals surface area contributed by atoms with Gasteiger partial charge in [-0.1, -0.05) is 30.3 Å². The molecule has 0 unspecified atom stereocenters. The number of aliphatic hydroxyl groups is 2. The molecule has 1 saturated heterocycles. The van der Waals surface area contributed by atoms with Crippen molar-refractivity contribution in [3.63, 3.8) is 0 Å². The topological polar surface area (TPSA) is 152 Å². The van der Waals surface area contributed by atoms with Crippen LogP contribution in [0, 0.1) is 0 Å². The summed E-state index contributed by atoms with van der Waals surface area (Å²) in [6, 6.07) is 7.91. The second kappa shape index (κ2) is 8.86. The fourth-order valence-electron chi connectivity index (χ4n) is 2.51. The molecule has 26 heavy (non-hydrogen) atoms. The van der Waals surface area contributed by atoms with Crippen LogP contribution in [0.5, 0.6) is 0 Å². The molecule has 0 aliphatic carbocycles. The van der Waals surface area contributed by atoms with Crippen molar-refractivity contribution in [2.24, 2.45) is 0 Å². The summed E-state index contributed by atoms with van der Waals surface area (Å²) in [7, 11) is -4.75. The molecular formula is C15H21NO9S. The van der Waals surface area contributed by atoms with Gasteiger partial charge in [0.2, 0.25) is 5.91 Å². The Morgan fingerprint density at radius 3 is 2.46 bits per heavy atom. The van der Waals surface area contributed by atoms with Gasteiger partial charge in [-0.15, -0.1) is 0 Å². The van der Waals surface area contributed by atoms with Crippen molar-refractivity contribution in [2.45, 2.75) is 44.2 Å². The number of rotatable bonds is 7. The molecule has 5 atom stereocenters. The first kappa shape index (κ1) is 20.7. The summed E-state index contributed by atoms with van der Waals surface area (Å²) in [6.45, 7) is 0.562. The number of nitrogens with one attached hydrogen (secondary N) is 1. The molecule has 1 aliphatic rings. The predicted octanol–water partition coefficient (Wildman–Crippen LogP) is -1.03. The number of amides is 1. The Bertz CT molecular complexity index is 696. The zero-order valence-corrected chi connectivity index (χ0v) is 14.7. The van der Waals surface area contributed by atoms with E-state index in [1.165, 1.54) is 6.92 Å². The maximum atomic E-state index is 11.4. The lowest BCUT2D eigenvalue weighted by Gasteiger charge is -2.42. The third-order valence-electron chi connectivity index (χ3n) is 3.71. The standard InChI is InChI=1S/C15H21NO9S/c1-9(17)16-12-14(19)13(18)11(8-24-26(20,21)22)25-15(12)23-7-10-5-3-2-4-6-10/h2-6,11-15,18-19H,7-8H2,1H3,(H,16,17)(H,20,21,22)/t11-,12-,13-,14+,15-/m1/s1. The van der Waals surface area contributed by atoms with Gasteiger partial charge in [-0.2, -0.15) is 8.42 Å². The predicted molar refractivity (Wildman–Crippen MR) is 87.0 cm³/mol. The van der Waals surface area contributed by atoms with Crippen LogP contribution >= 0.6 is 0 Å². The maximum absolute atomic E-state index is 11.4. The SMILES string of the molecule is CC(=O)N[C@H]1[C@H](OCc2ccccc2)O[C@H](COS(=O)(=O)O)[C@@H](O)[C@H]1O. The Kier molecular flexibility index (Phi) is 7.06. The Hall–Kier alpha value is -1.60. The summed E-state index contributed by atoms with van der Waals surface area (Å²) in [4.78, 5) is 11.4. The van der Waals surface area contributed by atoms with Crippen LogP contribution in [0.4, 0.5) is 0 Å². The van der Waals surface area contributed by atoms with E-state index in [2.05, 4.69) is 9.50 Å². The molecule has 11 heteroatoms. The number of aliphatic hydroxyl groups excluding tert-OH is 2. The van der Waals surface area contributed by atoms with Crippen LogP contribution in [0.1, 0.15) is 12.5 Å². The summed E-state index contributed by atoms with van der Waals surface area (Å²) in [5, 5.41) is 22.8. The van der Waals surface area contributed by atoms with Gasteiger partial charge in [0.15, 0.2) is 6.29 Å². The van der Waals surface area contributed by atoms with Crippen LogP contribution in [-0.2, 0) is 35.5 Å². The van der Waals surface area contributed by atoms with Crippen molar-refractivity contribution in [1.82, 2.24) is 5.32 Å². The lowest BCUT2D eigenvalue weighted by molar-refractivity contribution is -0.272. The molecule has 2 rings (SSSR count). The van der Waals surface area contributed by atoms with E-state index < -0.39 is 53.6 Å². The average Bonchev–Trinajstić information content (AvgIpc) is 2.57. The van der Waals surface area contributed by atoms with E-state index in [1.807, 2.05) is 6.07 Å². The van der Waals surface area contributed by atoms with Crippen molar-refractivity contribution in [3.8, 4) is 0 Å². The molecule has 1 fully saturated rings. The van der Waals surface area contributed by atoms with Crippen LogP contribution in [-0.4, -0.2) is 66.3 Å². The summed E-state index contributed by atoms with van der Waals surface area (Å²) >= 11 is 0.